The van der Waals surface area contributed by atoms with Gasteiger partial charge in [-0.05, 0) is 5.56 Å². The number of aromatic nitrogens is 1. The Morgan fingerprint density at radius 2 is 1.82 bits per heavy atom. The number of thiazole rings is 1. The van der Waals surface area contributed by atoms with E-state index < -0.39 is 0 Å². The molecule has 0 aliphatic rings. The van der Waals surface area contributed by atoms with Gasteiger partial charge in [0.05, 0.1) is 0 Å². The monoisotopic (exact) mass is 310 g/mol. The summed E-state index contributed by atoms with van der Waals surface area (Å²) >= 11 is 1.35. The third-order valence-electron chi connectivity index (χ3n) is 3.26. The number of rotatable bonds is 5. The smallest absolute Gasteiger partial charge is 0.299 e. The van der Waals surface area contributed by atoms with Crippen molar-refractivity contribution in [2.24, 2.45) is 5.73 Å². The van der Waals surface area contributed by atoms with E-state index in [4.69, 9.17) is 10.5 Å². The summed E-state index contributed by atoms with van der Waals surface area (Å²) in [5.74, 6) is 0. The van der Waals surface area contributed by atoms with Crippen LogP contribution < -0.4 is 10.5 Å². The van der Waals surface area contributed by atoms with Crippen LogP contribution in [-0.2, 0) is 11.3 Å². The molecule has 3 rings (SSSR count). The summed E-state index contributed by atoms with van der Waals surface area (Å²) < 4.78 is 5.13. The topological polar surface area (TPSA) is 65.2 Å². The van der Waals surface area contributed by atoms with E-state index in [-0.39, 0.29) is 0 Å². The molecule has 110 valence electrons. The second-order valence-corrected chi connectivity index (χ2v) is 5.56. The lowest BCUT2D eigenvalue weighted by atomic mass is 10.1. The maximum atomic E-state index is 10.8. The lowest BCUT2D eigenvalue weighted by Crippen LogP contribution is -1.99. The Bertz CT molecular complexity index is 784. The zero-order chi connectivity index (χ0) is 15.4. The molecule has 1 aromatic heterocycles. The highest BCUT2D eigenvalue weighted by Gasteiger charge is 2.17. The third kappa shape index (κ3) is 2.77. The number of carbonyl (C=O) groups excluding carboxylic acids is 1. The Kier molecular flexibility index (Phi) is 4.27. The lowest BCUT2D eigenvalue weighted by molar-refractivity contribution is -0.120. The van der Waals surface area contributed by atoms with Gasteiger partial charge in [0.2, 0.25) is 5.06 Å². The number of ether oxygens (including phenoxy) is 1. The van der Waals surface area contributed by atoms with Crippen LogP contribution >= 0.6 is 11.3 Å². The van der Waals surface area contributed by atoms with Gasteiger partial charge in [0.15, 0.2) is 0 Å². The second-order valence-electron chi connectivity index (χ2n) is 4.60. The van der Waals surface area contributed by atoms with Crippen LogP contribution in [0, 0.1) is 0 Å². The molecule has 5 heteroatoms. The van der Waals surface area contributed by atoms with Crippen molar-refractivity contribution in [3.05, 3.63) is 60.2 Å². The normalized spacial score (nSPS) is 10.4. The minimum Gasteiger partial charge on any atom is -0.415 e. The maximum absolute atomic E-state index is 10.8. The van der Waals surface area contributed by atoms with Gasteiger partial charge in [-0.25, -0.2) is 4.98 Å². The molecule has 4 nitrogen and oxygen atoms in total. The van der Waals surface area contributed by atoms with Crippen molar-refractivity contribution in [3.8, 4) is 26.9 Å². The molecule has 0 bridgehead atoms. The van der Waals surface area contributed by atoms with Gasteiger partial charge in [-0.3, -0.25) is 4.79 Å². The SMILES string of the molecule is NCc1ccccc1-c1nc(-c2ccccc2)sc1OC=O. The van der Waals surface area contributed by atoms with Crippen LogP contribution in [0.25, 0.3) is 21.8 Å². The highest BCUT2D eigenvalue weighted by atomic mass is 32.1. The van der Waals surface area contributed by atoms with Gasteiger partial charge in [0, 0.05) is 17.7 Å². The van der Waals surface area contributed by atoms with Crippen molar-refractivity contribution in [1.82, 2.24) is 4.98 Å². The third-order valence-corrected chi connectivity index (χ3v) is 4.26. The van der Waals surface area contributed by atoms with Crippen molar-refractivity contribution >= 4 is 17.8 Å². The standard InChI is InChI=1S/C17H14N2O2S/c18-10-13-8-4-5-9-14(13)15-17(21-11-20)22-16(19-15)12-6-2-1-3-7-12/h1-9,11H,10,18H2. The predicted octanol–water partition coefficient (Wildman–Crippen LogP) is 3.47. The molecule has 22 heavy (non-hydrogen) atoms. The molecular weight excluding hydrogens is 296 g/mol. The molecule has 0 fully saturated rings. The van der Waals surface area contributed by atoms with E-state index in [9.17, 15) is 4.79 Å². The molecular formula is C17H14N2O2S. The van der Waals surface area contributed by atoms with E-state index in [1.807, 2.05) is 54.6 Å². The molecule has 0 spiro atoms. The maximum Gasteiger partial charge on any atom is 0.299 e. The van der Waals surface area contributed by atoms with E-state index in [1.165, 1.54) is 11.3 Å². The molecule has 2 N–H and O–H groups in total. The summed E-state index contributed by atoms with van der Waals surface area (Å²) in [6, 6.07) is 17.5. The molecule has 0 amide bonds. The van der Waals surface area contributed by atoms with Crippen molar-refractivity contribution in [2.45, 2.75) is 6.54 Å². The first-order valence-corrected chi connectivity index (χ1v) is 7.60. The Balaban J connectivity index is 2.14. The first kappa shape index (κ1) is 14.4. The minimum absolute atomic E-state index is 0.398. The number of hydrogen-bond donors (Lipinski definition) is 1. The zero-order valence-corrected chi connectivity index (χ0v) is 12.5. The average Bonchev–Trinajstić information content (AvgIpc) is 3.00. The molecule has 0 radical (unpaired) electrons. The fourth-order valence-electron chi connectivity index (χ4n) is 2.23. The first-order chi connectivity index (χ1) is 10.8. The molecule has 0 atom stereocenters. The van der Waals surface area contributed by atoms with Crippen LogP contribution in [0.2, 0.25) is 0 Å². The van der Waals surface area contributed by atoms with Crippen LogP contribution in [0.4, 0.5) is 0 Å². The lowest BCUT2D eigenvalue weighted by Gasteiger charge is -2.05. The Labute approximate surface area is 132 Å². The van der Waals surface area contributed by atoms with E-state index in [2.05, 4.69) is 4.98 Å². The van der Waals surface area contributed by atoms with E-state index in [1.54, 1.807) is 0 Å². The summed E-state index contributed by atoms with van der Waals surface area (Å²) in [6.45, 7) is 0.825. The van der Waals surface area contributed by atoms with E-state index in [0.717, 1.165) is 21.7 Å². The number of benzene rings is 2. The van der Waals surface area contributed by atoms with Crippen molar-refractivity contribution in [2.75, 3.05) is 0 Å². The van der Waals surface area contributed by atoms with Gasteiger partial charge >= 0.3 is 0 Å². The summed E-state index contributed by atoms with van der Waals surface area (Å²) in [5.41, 5.74) is 9.28. The van der Waals surface area contributed by atoms with Crippen LogP contribution in [0.15, 0.2) is 54.6 Å². The number of nitrogens with two attached hydrogens (primary N) is 1. The van der Waals surface area contributed by atoms with Gasteiger partial charge < -0.3 is 10.5 Å². The zero-order valence-electron chi connectivity index (χ0n) is 11.7. The van der Waals surface area contributed by atoms with E-state index >= 15 is 0 Å². The van der Waals surface area contributed by atoms with Crippen LogP contribution in [-0.4, -0.2) is 11.5 Å². The Hall–Kier alpha value is -2.50. The fourth-order valence-corrected chi connectivity index (χ4v) is 3.14. The predicted molar refractivity (Wildman–Crippen MR) is 87.6 cm³/mol. The molecule has 1 heterocycles. The highest BCUT2D eigenvalue weighted by Crippen LogP contribution is 2.40. The number of nitrogens with zero attached hydrogens (tertiary/aromatic N) is 1. The number of hydrogen-bond acceptors (Lipinski definition) is 5. The van der Waals surface area contributed by atoms with Gasteiger partial charge in [0.25, 0.3) is 6.47 Å². The van der Waals surface area contributed by atoms with Gasteiger partial charge in [-0.15, -0.1) is 0 Å². The van der Waals surface area contributed by atoms with E-state index in [0.29, 0.717) is 23.8 Å². The van der Waals surface area contributed by atoms with Gasteiger partial charge in [-0.2, -0.15) is 0 Å². The average molecular weight is 310 g/mol. The van der Waals surface area contributed by atoms with Crippen molar-refractivity contribution in [1.29, 1.82) is 0 Å². The second kappa shape index (κ2) is 6.51. The quantitative estimate of drug-likeness (QED) is 0.733. The summed E-state index contributed by atoms with van der Waals surface area (Å²) in [4.78, 5) is 15.4. The summed E-state index contributed by atoms with van der Waals surface area (Å²) in [7, 11) is 0. The van der Waals surface area contributed by atoms with Crippen LogP contribution in [0.3, 0.4) is 0 Å². The van der Waals surface area contributed by atoms with Crippen molar-refractivity contribution < 1.29 is 9.53 Å². The van der Waals surface area contributed by atoms with Crippen LogP contribution in [0.1, 0.15) is 5.56 Å². The number of carbonyl (C=O) groups is 1. The Morgan fingerprint density at radius 1 is 1.09 bits per heavy atom. The Morgan fingerprint density at radius 3 is 2.55 bits per heavy atom. The fraction of sp³-hybridized carbons (Fsp3) is 0.0588. The summed E-state index contributed by atoms with van der Waals surface area (Å²) in [5, 5.41) is 1.29. The largest absolute Gasteiger partial charge is 0.415 e. The van der Waals surface area contributed by atoms with Crippen LogP contribution in [0.5, 0.6) is 5.06 Å². The van der Waals surface area contributed by atoms with Gasteiger partial charge in [-0.1, -0.05) is 65.9 Å². The molecule has 0 unspecified atom stereocenters. The molecule has 3 aromatic rings. The first-order valence-electron chi connectivity index (χ1n) is 6.78. The molecule has 2 aromatic carbocycles. The van der Waals surface area contributed by atoms with Gasteiger partial charge in [0.1, 0.15) is 10.7 Å². The molecule has 0 saturated carbocycles. The minimum atomic E-state index is 0.398. The highest BCUT2D eigenvalue weighted by molar-refractivity contribution is 7.17. The molecule has 0 aliphatic heterocycles. The molecule has 0 aliphatic carbocycles. The van der Waals surface area contributed by atoms with Crippen molar-refractivity contribution in [3.63, 3.8) is 0 Å². The molecule has 0 saturated heterocycles. The summed E-state index contributed by atoms with van der Waals surface area (Å²) in [6.07, 6.45) is 0.